The summed E-state index contributed by atoms with van der Waals surface area (Å²) in [5, 5.41) is 3.03. The number of anilines is 1. The second-order valence-corrected chi connectivity index (χ2v) is 9.29. The third kappa shape index (κ3) is 5.27. The van der Waals surface area contributed by atoms with Crippen LogP contribution < -0.4 is 20.5 Å². The molecule has 4 rings (SSSR count). The molecule has 2 aromatic carbocycles. The summed E-state index contributed by atoms with van der Waals surface area (Å²) in [5.41, 5.74) is -0.0916. The largest absolute Gasteiger partial charge is 0.497 e. The molecule has 1 aromatic heterocycles. The van der Waals surface area contributed by atoms with Crippen LogP contribution in [0.1, 0.15) is 27.4 Å². The quantitative estimate of drug-likeness (QED) is 0.466. The fourth-order valence-corrected chi connectivity index (χ4v) is 4.69. The Bertz CT molecular complexity index is 1400. The molecule has 8 nitrogen and oxygen atoms in total. The van der Waals surface area contributed by atoms with Crippen molar-refractivity contribution in [2.24, 2.45) is 0 Å². The van der Waals surface area contributed by atoms with Crippen LogP contribution in [0.15, 0.2) is 53.5 Å². The number of amides is 2. The van der Waals surface area contributed by atoms with Crippen molar-refractivity contribution < 1.29 is 27.8 Å². The van der Waals surface area contributed by atoms with Crippen molar-refractivity contribution in [3.05, 3.63) is 92.4 Å². The monoisotopic (exact) mass is 545 g/mol. The fraction of sp³-hybridized carbons (Fsp3) is 0.296. The summed E-state index contributed by atoms with van der Waals surface area (Å²) in [6.45, 7) is 1.93. The molecule has 1 saturated heterocycles. The van der Waals surface area contributed by atoms with E-state index in [1.807, 2.05) is 0 Å². The molecule has 11 heteroatoms. The molecular formula is C27H26ClF2N3O5. The minimum absolute atomic E-state index is 0.0355. The number of carbonyl (C=O) groups excluding carboxylic acids is 2. The first-order chi connectivity index (χ1) is 18.2. The van der Waals surface area contributed by atoms with Gasteiger partial charge in [0.1, 0.15) is 29.1 Å². The van der Waals surface area contributed by atoms with Crippen molar-refractivity contribution in [2.75, 3.05) is 32.3 Å². The van der Waals surface area contributed by atoms with E-state index < -0.39 is 46.5 Å². The number of benzene rings is 2. The molecule has 3 aromatic rings. The predicted molar refractivity (Wildman–Crippen MR) is 138 cm³/mol. The minimum Gasteiger partial charge on any atom is -0.497 e. The van der Waals surface area contributed by atoms with Gasteiger partial charge in [0.15, 0.2) is 0 Å². The third-order valence-electron chi connectivity index (χ3n) is 6.51. The first-order valence-corrected chi connectivity index (χ1v) is 12.1. The molecule has 2 atom stereocenters. The maximum Gasteiger partial charge on any atom is 0.274 e. The summed E-state index contributed by atoms with van der Waals surface area (Å²) in [5.74, 6) is -4.35. The van der Waals surface area contributed by atoms with Crippen LogP contribution in [0, 0.1) is 18.6 Å². The number of halogens is 3. The van der Waals surface area contributed by atoms with Gasteiger partial charge >= 0.3 is 0 Å². The van der Waals surface area contributed by atoms with E-state index in [1.165, 1.54) is 48.0 Å². The lowest BCUT2D eigenvalue weighted by atomic mass is 9.92. The van der Waals surface area contributed by atoms with E-state index in [9.17, 15) is 14.4 Å². The van der Waals surface area contributed by atoms with Crippen molar-refractivity contribution in [3.63, 3.8) is 0 Å². The van der Waals surface area contributed by atoms with Crippen molar-refractivity contribution in [3.8, 4) is 5.75 Å². The first kappa shape index (κ1) is 27.3. The molecule has 0 saturated carbocycles. The van der Waals surface area contributed by atoms with Gasteiger partial charge in [-0.1, -0.05) is 11.6 Å². The maximum absolute atomic E-state index is 15.2. The molecule has 1 aliphatic heterocycles. The average Bonchev–Trinajstić information content (AvgIpc) is 3.18. The van der Waals surface area contributed by atoms with Crippen LogP contribution in [0.4, 0.5) is 14.5 Å². The first-order valence-electron chi connectivity index (χ1n) is 11.8. The summed E-state index contributed by atoms with van der Waals surface area (Å²) in [7, 11) is 2.78. The Morgan fingerprint density at radius 2 is 1.76 bits per heavy atom. The number of aryl methyl sites for hydroxylation is 1. The molecule has 0 unspecified atom stereocenters. The highest BCUT2D eigenvalue weighted by Crippen LogP contribution is 2.36. The van der Waals surface area contributed by atoms with Gasteiger partial charge in [0.05, 0.1) is 13.7 Å². The lowest BCUT2D eigenvalue weighted by molar-refractivity contribution is -0.118. The van der Waals surface area contributed by atoms with Gasteiger partial charge in [-0.15, -0.1) is 0 Å². The molecule has 1 aliphatic rings. The molecule has 1 fully saturated rings. The van der Waals surface area contributed by atoms with E-state index in [-0.39, 0.29) is 36.7 Å². The van der Waals surface area contributed by atoms with Crippen LogP contribution in [-0.4, -0.2) is 49.8 Å². The predicted octanol–water partition coefficient (Wildman–Crippen LogP) is 3.67. The Morgan fingerprint density at radius 3 is 2.37 bits per heavy atom. The molecule has 2 amide bonds. The Labute approximate surface area is 222 Å². The molecule has 0 bridgehead atoms. The second kappa shape index (κ2) is 11.3. The average molecular weight is 546 g/mol. The topological polar surface area (TPSA) is 89.9 Å². The molecule has 200 valence electrons. The van der Waals surface area contributed by atoms with Crippen molar-refractivity contribution in [1.82, 2.24) is 9.88 Å². The van der Waals surface area contributed by atoms with Gasteiger partial charge in [0.2, 0.25) is 5.91 Å². The number of ether oxygens (including phenoxy) is 2. The van der Waals surface area contributed by atoms with E-state index in [2.05, 4.69) is 5.32 Å². The van der Waals surface area contributed by atoms with Crippen LogP contribution in [0.5, 0.6) is 5.75 Å². The molecule has 2 heterocycles. The summed E-state index contributed by atoms with van der Waals surface area (Å²) >= 11 is 5.91. The molecule has 38 heavy (non-hydrogen) atoms. The van der Waals surface area contributed by atoms with Crippen molar-refractivity contribution in [2.45, 2.75) is 25.4 Å². The zero-order valence-electron chi connectivity index (χ0n) is 21.0. The van der Waals surface area contributed by atoms with E-state index in [0.717, 1.165) is 12.1 Å². The third-order valence-corrected chi connectivity index (χ3v) is 6.77. The molecule has 0 radical (unpaired) electrons. The highest BCUT2D eigenvalue weighted by atomic mass is 35.5. The Balaban J connectivity index is 1.79. The Kier molecular flexibility index (Phi) is 8.13. The van der Waals surface area contributed by atoms with Gasteiger partial charge < -0.3 is 24.3 Å². The fourth-order valence-electron chi connectivity index (χ4n) is 4.56. The number of methoxy groups -OCH3 is 2. The smallest absolute Gasteiger partial charge is 0.274 e. The van der Waals surface area contributed by atoms with Crippen molar-refractivity contribution in [1.29, 1.82) is 0 Å². The zero-order chi connectivity index (χ0) is 27.6. The van der Waals surface area contributed by atoms with Crippen molar-refractivity contribution >= 4 is 29.1 Å². The Morgan fingerprint density at radius 1 is 1.11 bits per heavy atom. The van der Waals surface area contributed by atoms with Gasteiger partial charge in [0.25, 0.3) is 11.5 Å². The zero-order valence-corrected chi connectivity index (χ0v) is 21.7. The summed E-state index contributed by atoms with van der Waals surface area (Å²) in [6.07, 6.45) is 1.58. The van der Waals surface area contributed by atoms with Gasteiger partial charge in [-0.05, 0) is 42.8 Å². The highest BCUT2D eigenvalue weighted by Gasteiger charge is 2.46. The summed E-state index contributed by atoms with van der Waals surface area (Å²) < 4.78 is 41.8. The summed E-state index contributed by atoms with van der Waals surface area (Å²) in [6, 6.07) is 8.28. The number of nitrogens with zero attached hydrogens (tertiary/aromatic N) is 2. The van der Waals surface area contributed by atoms with Crippen LogP contribution in [0.2, 0.25) is 5.02 Å². The molecular weight excluding hydrogens is 520 g/mol. The number of carbonyl (C=O) groups is 2. The second-order valence-electron chi connectivity index (χ2n) is 8.86. The van der Waals surface area contributed by atoms with E-state index >= 15 is 8.78 Å². The van der Waals surface area contributed by atoms with E-state index in [1.54, 1.807) is 19.2 Å². The maximum atomic E-state index is 15.2. The molecule has 0 aliphatic carbocycles. The van der Waals surface area contributed by atoms with Gasteiger partial charge in [-0.2, -0.15) is 0 Å². The van der Waals surface area contributed by atoms with Gasteiger partial charge in [0, 0.05) is 60.6 Å². The Hall–Kier alpha value is -3.76. The van der Waals surface area contributed by atoms with Gasteiger partial charge in [-0.3, -0.25) is 14.4 Å². The molecule has 0 spiro atoms. The van der Waals surface area contributed by atoms with Crippen LogP contribution in [0.3, 0.4) is 0 Å². The molecule has 1 N–H and O–H groups in total. The number of aromatic nitrogens is 1. The number of nitrogens with one attached hydrogen (secondary N) is 1. The summed E-state index contributed by atoms with van der Waals surface area (Å²) in [4.78, 5) is 41.3. The standard InChI is InChI=1S/C27H26ClF2N3O5/c1-15-8-9-32(10-11-37-2)27(36)24(15)33-14-19(22-20(29)12-18(38-3)13-21(22)30)23(26(33)35)31-25(34)16-4-6-17(28)7-5-16/h4-9,12-13,19,23H,10-11,14H2,1-3H3,(H,31,34)/t19-,23-/m0/s1. The van der Waals surface area contributed by atoms with Crippen LogP contribution in [-0.2, 0) is 16.1 Å². The van der Waals surface area contributed by atoms with E-state index in [4.69, 9.17) is 21.1 Å². The van der Waals surface area contributed by atoms with E-state index in [0.29, 0.717) is 10.6 Å². The van der Waals surface area contributed by atoms with Crippen LogP contribution in [0.25, 0.3) is 0 Å². The lowest BCUT2D eigenvalue weighted by Gasteiger charge is -2.20. The highest BCUT2D eigenvalue weighted by molar-refractivity contribution is 6.30. The SMILES string of the molecule is COCCn1ccc(C)c(N2C[C@@H](c3c(F)cc(OC)cc3F)[C@H](NC(=O)c3ccc(Cl)cc3)C2=O)c1=O. The number of hydrogen-bond donors (Lipinski definition) is 1. The number of hydrogen-bond acceptors (Lipinski definition) is 5. The van der Waals surface area contributed by atoms with Crippen LogP contribution >= 0.6 is 11.6 Å². The minimum atomic E-state index is -1.36. The lowest BCUT2D eigenvalue weighted by Crippen LogP contribution is -2.45. The normalized spacial score (nSPS) is 17.1. The number of rotatable bonds is 8. The number of pyridine rings is 1. The van der Waals surface area contributed by atoms with Gasteiger partial charge in [-0.25, -0.2) is 8.78 Å².